The molecule has 0 aromatic heterocycles. The lowest BCUT2D eigenvalue weighted by molar-refractivity contribution is -0.122. The molecule has 0 spiro atoms. The lowest BCUT2D eigenvalue weighted by Gasteiger charge is -2.06. The van der Waals surface area contributed by atoms with Crippen LogP contribution in [0.1, 0.15) is 42.6 Å². The van der Waals surface area contributed by atoms with E-state index in [4.69, 9.17) is 0 Å². The monoisotopic (exact) mass is 290 g/mol. The molecule has 0 aliphatic rings. The second kappa shape index (κ2) is 8.89. The molecule has 0 unspecified atom stereocenters. The first-order valence-electron chi connectivity index (χ1n) is 7.16. The van der Waals surface area contributed by atoms with Crippen molar-refractivity contribution in [3.8, 4) is 0 Å². The Labute approximate surface area is 125 Å². The highest BCUT2D eigenvalue weighted by atomic mass is 16.2. The van der Waals surface area contributed by atoms with E-state index in [0.29, 0.717) is 18.7 Å². The van der Waals surface area contributed by atoms with Crippen LogP contribution >= 0.6 is 0 Å². The maximum atomic E-state index is 11.9. The Kier molecular flexibility index (Phi) is 7.15. The number of benzene rings is 1. The predicted molar refractivity (Wildman–Crippen MR) is 81.1 cm³/mol. The fourth-order valence-electron chi connectivity index (χ4n) is 1.83. The highest BCUT2D eigenvalue weighted by Gasteiger charge is 2.09. The molecule has 0 heterocycles. The van der Waals surface area contributed by atoms with Gasteiger partial charge in [0.15, 0.2) is 5.78 Å². The van der Waals surface area contributed by atoms with Gasteiger partial charge in [-0.1, -0.05) is 31.2 Å². The van der Waals surface area contributed by atoms with Crippen LogP contribution in [0.25, 0.3) is 0 Å². The van der Waals surface area contributed by atoms with Gasteiger partial charge in [-0.05, 0) is 12.0 Å². The van der Waals surface area contributed by atoms with Crippen LogP contribution in [0.3, 0.4) is 0 Å². The zero-order valence-electron chi connectivity index (χ0n) is 12.6. The van der Waals surface area contributed by atoms with E-state index in [-0.39, 0.29) is 30.4 Å². The zero-order chi connectivity index (χ0) is 15.7. The van der Waals surface area contributed by atoms with E-state index in [0.717, 1.165) is 6.42 Å². The van der Waals surface area contributed by atoms with Crippen LogP contribution in [-0.4, -0.2) is 30.7 Å². The van der Waals surface area contributed by atoms with Crippen LogP contribution in [0.5, 0.6) is 0 Å². The van der Waals surface area contributed by atoms with Crippen molar-refractivity contribution in [3.05, 3.63) is 35.4 Å². The van der Waals surface area contributed by atoms with Gasteiger partial charge in [-0.2, -0.15) is 0 Å². The van der Waals surface area contributed by atoms with E-state index in [1.54, 1.807) is 12.1 Å². The van der Waals surface area contributed by atoms with Crippen molar-refractivity contribution in [1.29, 1.82) is 0 Å². The lowest BCUT2D eigenvalue weighted by atomic mass is 10.0. The summed E-state index contributed by atoms with van der Waals surface area (Å²) >= 11 is 0. The third-order valence-electron chi connectivity index (χ3n) is 3.08. The van der Waals surface area contributed by atoms with Crippen LogP contribution in [0.2, 0.25) is 0 Å². The molecule has 0 aliphatic heterocycles. The van der Waals surface area contributed by atoms with E-state index in [1.807, 2.05) is 12.1 Å². The molecule has 1 rings (SSSR count). The summed E-state index contributed by atoms with van der Waals surface area (Å²) in [6, 6.07) is 7.47. The van der Waals surface area contributed by atoms with Crippen molar-refractivity contribution in [3.63, 3.8) is 0 Å². The molecule has 0 bridgehead atoms. The highest BCUT2D eigenvalue weighted by molar-refractivity contribution is 5.97. The maximum Gasteiger partial charge on any atom is 0.220 e. The molecule has 0 radical (unpaired) electrons. The lowest BCUT2D eigenvalue weighted by Crippen LogP contribution is -2.33. The van der Waals surface area contributed by atoms with Gasteiger partial charge in [0.1, 0.15) is 0 Å². The molecule has 5 heteroatoms. The minimum absolute atomic E-state index is 0.0327. The van der Waals surface area contributed by atoms with E-state index < -0.39 is 0 Å². The Balaban J connectivity index is 2.28. The summed E-state index contributed by atoms with van der Waals surface area (Å²) in [5.41, 5.74) is 1.82. The van der Waals surface area contributed by atoms with Crippen molar-refractivity contribution in [2.45, 2.75) is 33.1 Å². The fraction of sp³-hybridized carbons (Fsp3) is 0.438. The Morgan fingerprint density at radius 2 is 1.57 bits per heavy atom. The summed E-state index contributed by atoms with van der Waals surface area (Å²) in [6.45, 7) is 4.25. The first kappa shape index (κ1) is 16.9. The number of carbonyl (C=O) groups excluding carboxylic acids is 3. The molecule has 1 aromatic rings. The van der Waals surface area contributed by atoms with E-state index in [1.165, 1.54) is 12.5 Å². The second-order valence-corrected chi connectivity index (χ2v) is 4.81. The minimum Gasteiger partial charge on any atom is -0.355 e. The third-order valence-corrected chi connectivity index (χ3v) is 3.08. The number of carbonyl (C=O) groups is 3. The molecule has 21 heavy (non-hydrogen) atoms. The van der Waals surface area contributed by atoms with Crippen molar-refractivity contribution in [2.24, 2.45) is 0 Å². The third kappa shape index (κ3) is 6.70. The number of rotatable bonds is 8. The van der Waals surface area contributed by atoms with Gasteiger partial charge >= 0.3 is 0 Å². The summed E-state index contributed by atoms with van der Waals surface area (Å²) in [5, 5.41) is 5.24. The van der Waals surface area contributed by atoms with Crippen molar-refractivity contribution >= 4 is 17.6 Å². The van der Waals surface area contributed by atoms with Gasteiger partial charge in [-0.15, -0.1) is 0 Å². The fourth-order valence-corrected chi connectivity index (χ4v) is 1.83. The molecule has 114 valence electrons. The van der Waals surface area contributed by atoms with Crippen LogP contribution in [0.4, 0.5) is 0 Å². The summed E-state index contributed by atoms with van der Waals surface area (Å²) in [7, 11) is 0. The Morgan fingerprint density at radius 3 is 2.14 bits per heavy atom. The van der Waals surface area contributed by atoms with Crippen molar-refractivity contribution < 1.29 is 14.4 Å². The number of nitrogens with one attached hydrogen (secondary N) is 2. The number of Topliss-reactive ketones (excluding diaryl/α,β-unsaturated/α-hetero) is 1. The molecular formula is C16H22N2O3. The topological polar surface area (TPSA) is 75.3 Å². The molecule has 0 fully saturated rings. The summed E-state index contributed by atoms with van der Waals surface area (Å²) in [6.07, 6.45) is 1.29. The van der Waals surface area contributed by atoms with Gasteiger partial charge < -0.3 is 10.6 Å². The first-order chi connectivity index (χ1) is 10.0. The molecule has 0 saturated heterocycles. The summed E-state index contributed by atoms with van der Waals surface area (Å²) in [4.78, 5) is 34.1. The van der Waals surface area contributed by atoms with Crippen LogP contribution in [0, 0.1) is 0 Å². The molecule has 2 N–H and O–H groups in total. The Hall–Kier alpha value is -2.17. The SMILES string of the molecule is CCc1ccc(C(=O)CCC(=O)NCCNC(C)=O)cc1. The summed E-state index contributed by atoms with van der Waals surface area (Å²) in [5.74, 6) is -0.344. The molecule has 2 amide bonds. The van der Waals surface area contributed by atoms with Gasteiger partial charge in [-0.25, -0.2) is 0 Å². The molecular weight excluding hydrogens is 268 g/mol. The number of ketones is 1. The standard InChI is InChI=1S/C16H22N2O3/c1-3-13-4-6-14(7-5-13)15(20)8-9-16(21)18-11-10-17-12(2)19/h4-7H,3,8-11H2,1-2H3,(H,17,19)(H,18,21). The van der Waals surface area contributed by atoms with Crippen molar-refractivity contribution in [1.82, 2.24) is 10.6 Å². The molecule has 0 atom stereocenters. The number of hydrogen-bond acceptors (Lipinski definition) is 3. The van der Waals surface area contributed by atoms with Gasteiger partial charge in [0, 0.05) is 38.4 Å². The van der Waals surface area contributed by atoms with Gasteiger partial charge in [-0.3, -0.25) is 14.4 Å². The number of hydrogen-bond donors (Lipinski definition) is 2. The zero-order valence-corrected chi connectivity index (χ0v) is 12.6. The Morgan fingerprint density at radius 1 is 0.952 bits per heavy atom. The van der Waals surface area contributed by atoms with Crippen LogP contribution in [0.15, 0.2) is 24.3 Å². The van der Waals surface area contributed by atoms with E-state index in [9.17, 15) is 14.4 Å². The van der Waals surface area contributed by atoms with E-state index >= 15 is 0 Å². The van der Waals surface area contributed by atoms with Crippen LogP contribution in [-0.2, 0) is 16.0 Å². The average Bonchev–Trinajstić information content (AvgIpc) is 2.49. The average molecular weight is 290 g/mol. The first-order valence-corrected chi connectivity index (χ1v) is 7.16. The van der Waals surface area contributed by atoms with E-state index in [2.05, 4.69) is 17.6 Å². The smallest absolute Gasteiger partial charge is 0.220 e. The largest absolute Gasteiger partial charge is 0.355 e. The maximum absolute atomic E-state index is 11.9. The highest BCUT2D eigenvalue weighted by Crippen LogP contribution is 2.08. The van der Waals surface area contributed by atoms with Gasteiger partial charge in [0.05, 0.1) is 0 Å². The quantitative estimate of drug-likeness (QED) is 0.562. The normalized spacial score (nSPS) is 10.0. The second-order valence-electron chi connectivity index (χ2n) is 4.81. The minimum atomic E-state index is -0.182. The summed E-state index contributed by atoms with van der Waals surface area (Å²) < 4.78 is 0. The Bertz CT molecular complexity index is 495. The van der Waals surface area contributed by atoms with Gasteiger partial charge in [0.2, 0.25) is 11.8 Å². The number of amides is 2. The van der Waals surface area contributed by atoms with Crippen LogP contribution < -0.4 is 10.6 Å². The molecule has 5 nitrogen and oxygen atoms in total. The molecule has 0 aliphatic carbocycles. The van der Waals surface area contributed by atoms with Crippen molar-refractivity contribution in [2.75, 3.05) is 13.1 Å². The van der Waals surface area contributed by atoms with Gasteiger partial charge in [0.25, 0.3) is 0 Å². The molecule has 0 saturated carbocycles. The predicted octanol–water partition coefficient (Wildman–Crippen LogP) is 1.46. The molecule has 1 aromatic carbocycles. The number of aryl methyl sites for hydroxylation is 1.